The van der Waals surface area contributed by atoms with Crippen LogP contribution in [0.1, 0.15) is 11.9 Å². The van der Waals surface area contributed by atoms with E-state index in [9.17, 15) is 14.3 Å². The average Bonchev–Trinajstić information content (AvgIpc) is 3.18. The fourth-order valence-electron chi connectivity index (χ4n) is 2.69. The first-order valence-corrected chi connectivity index (χ1v) is 8.61. The minimum atomic E-state index is -1.27. The van der Waals surface area contributed by atoms with Crippen molar-refractivity contribution in [2.24, 2.45) is 4.99 Å². The molecule has 1 aromatic rings. The zero-order chi connectivity index (χ0) is 17.1. The molecule has 2 aliphatic rings. The molecular weight excluding hydrogens is 335 g/mol. The summed E-state index contributed by atoms with van der Waals surface area (Å²) in [6, 6.07) is 0. The molecule has 2 aliphatic heterocycles. The van der Waals surface area contributed by atoms with Crippen molar-refractivity contribution in [3.63, 3.8) is 0 Å². The first-order valence-electron chi connectivity index (χ1n) is 7.73. The van der Waals surface area contributed by atoms with Crippen molar-refractivity contribution in [3.05, 3.63) is 27.9 Å². The van der Waals surface area contributed by atoms with Crippen LogP contribution in [0.3, 0.4) is 0 Å². The van der Waals surface area contributed by atoms with E-state index < -0.39 is 18.2 Å². The highest BCUT2D eigenvalue weighted by Gasteiger charge is 2.33. The number of carbonyl (C=O) groups excluding carboxylic acids is 1. The fraction of sp³-hybridized carbons (Fsp3) is 0.533. The summed E-state index contributed by atoms with van der Waals surface area (Å²) in [7, 11) is 0. The van der Waals surface area contributed by atoms with E-state index in [0.717, 1.165) is 5.01 Å². The molecule has 2 N–H and O–H groups in total. The fourth-order valence-corrected chi connectivity index (χ4v) is 3.29. The number of alkyl halides is 1. The van der Waals surface area contributed by atoms with Gasteiger partial charge < -0.3 is 15.2 Å². The highest BCUT2D eigenvalue weighted by molar-refractivity contribution is 7.11. The Balaban J connectivity index is 1.79. The van der Waals surface area contributed by atoms with Gasteiger partial charge in [0, 0.05) is 36.9 Å². The first kappa shape index (κ1) is 17.0. The monoisotopic (exact) mass is 354 g/mol. The van der Waals surface area contributed by atoms with E-state index in [4.69, 9.17) is 4.74 Å². The van der Waals surface area contributed by atoms with Crippen molar-refractivity contribution in [1.82, 2.24) is 15.2 Å². The Labute approximate surface area is 142 Å². The summed E-state index contributed by atoms with van der Waals surface area (Å²) in [6.07, 6.45) is -0.585. The molecule has 0 aliphatic carbocycles. The summed E-state index contributed by atoms with van der Waals surface area (Å²) in [5.41, 5.74) is 1.05. The summed E-state index contributed by atoms with van der Waals surface area (Å²) in [4.78, 5) is 22.5. The molecule has 2 atom stereocenters. The molecule has 2 unspecified atom stereocenters. The maximum Gasteiger partial charge on any atom is 0.337 e. The summed E-state index contributed by atoms with van der Waals surface area (Å²) in [5, 5.41) is 15.3. The van der Waals surface area contributed by atoms with Gasteiger partial charge in [0.15, 0.2) is 10.8 Å². The molecule has 130 valence electrons. The van der Waals surface area contributed by atoms with Crippen molar-refractivity contribution in [2.75, 3.05) is 32.8 Å². The number of ether oxygens (including phenoxy) is 1. The van der Waals surface area contributed by atoms with Crippen LogP contribution in [0, 0.1) is 0 Å². The quantitative estimate of drug-likeness (QED) is 0.741. The normalized spacial score (nSPS) is 24.7. The van der Waals surface area contributed by atoms with E-state index in [1.807, 2.05) is 5.38 Å². The van der Waals surface area contributed by atoms with Gasteiger partial charge in [-0.25, -0.2) is 14.2 Å². The molecule has 0 saturated carbocycles. The molecule has 0 amide bonds. The van der Waals surface area contributed by atoms with Crippen molar-refractivity contribution in [2.45, 2.75) is 19.2 Å². The molecule has 1 fully saturated rings. The highest BCUT2D eigenvalue weighted by atomic mass is 32.1. The van der Waals surface area contributed by atoms with Crippen molar-refractivity contribution in [3.8, 4) is 0 Å². The minimum absolute atomic E-state index is 0.131. The van der Waals surface area contributed by atoms with Gasteiger partial charge in [0.25, 0.3) is 0 Å². The van der Waals surface area contributed by atoms with Crippen LogP contribution in [-0.4, -0.2) is 71.9 Å². The van der Waals surface area contributed by atoms with E-state index in [0.29, 0.717) is 23.7 Å². The molecular formula is C15H19FN4O3S. The third-order valence-corrected chi connectivity index (χ3v) is 4.64. The van der Waals surface area contributed by atoms with Crippen LogP contribution in [0.2, 0.25) is 0 Å². The van der Waals surface area contributed by atoms with E-state index >= 15 is 0 Å². The first-order chi connectivity index (χ1) is 11.6. The third kappa shape index (κ3) is 3.63. The van der Waals surface area contributed by atoms with Crippen LogP contribution >= 0.6 is 11.3 Å². The lowest BCUT2D eigenvalue weighted by molar-refractivity contribution is -0.138. The topological polar surface area (TPSA) is 87.0 Å². The largest absolute Gasteiger partial charge is 0.463 e. The molecule has 7 nitrogen and oxygen atoms in total. The lowest BCUT2D eigenvalue weighted by Crippen LogP contribution is -2.38. The van der Waals surface area contributed by atoms with Gasteiger partial charge in [0.2, 0.25) is 0 Å². The predicted molar refractivity (Wildman–Crippen MR) is 87.7 cm³/mol. The number of aliphatic hydroxyl groups is 1. The number of aliphatic hydroxyl groups excluding tert-OH is 1. The molecule has 0 bridgehead atoms. The van der Waals surface area contributed by atoms with Crippen LogP contribution in [0.15, 0.2) is 27.8 Å². The van der Waals surface area contributed by atoms with E-state index in [1.165, 1.54) is 11.3 Å². The Morgan fingerprint density at radius 3 is 3.04 bits per heavy atom. The number of hydrogen-bond acceptors (Lipinski definition) is 8. The maximum absolute atomic E-state index is 13.5. The van der Waals surface area contributed by atoms with Crippen molar-refractivity contribution < 1.29 is 19.0 Å². The van der Waals surface area contributed by atoms with E-state index in [-0.39, 0.29) is 26.2 Å². The molecule has 3 heterocycles. The number of aromatic nitrogens is 1. The average molecular weight is 354 g/mol. The summed E-state index contributed by atoms with van der Waals surface area (Å²) in [6.45, 7) is 2.87. The number of likely N-dealkylation sites (tertiary alicyclic amines) is 1. The van der Waals surface area contributed by atoms with Gasteiger partial charge in [-0.1, -0.05) is 0 Å². The number of rotatable bonds is 5. The second-order valence-electron chi connectivity index (χ2n) is 5.58. The van der Waals surface area contributed by atoms with Gasteiger partial charge in [0.05, 0.1) is 24.8 Å². The third-order valence-electron chi connectivity index (χ3n) is 3.86. The van der Waals surface area contributed by atoms with Gasteiger partial charge in [-0.3, -0.25) is 9.89 Å². The molecule has 9 heteroatoms. The maximum atomic E-state index is 13.5. The second-order valence-corrected chi connectivity index (χ2v) is 6.48. The van der Waals surface area contributed by atoms with Crippen molar-refractivity contribution >= 4 is 23.1 Å². The predicted octanol–water partition coefficient (Wildman–Crippen LogP) is 0.325. The molecule has 1 aromatic heterocycles. The van der Waals surface area contributed by atoms with E-state index in [2.05, 4.69) is 15.3 Å². The van der Waals surface area contributed by atoms with Crippen molar-refractivity contribution in [1.29, 1.82) is 0 Å². The van der Waals surface area contributed by atoms with Crippen LogP contribution in [0.5, 0.6) is 0 Å². The Hall–Kier alpha value is -1.84. The number of hydrogen-bond donors (Lipinski definition) is 2. The summed E-state index contributed by atoms with van der Waals surface area (Å²) in [5.74, 6) is 0.156. The van der Waals surface area contributed by atoms with Gasteiger partial charge in [-0.2, -0.15) is 0 Å². The lowest BCUT2D eigenvalue weighted by Gasteiger charge is -2.24. The van der Waals surface area contributed by atoms with Crippen LogP contribution in [0.25, 0.3) is 0 Å². The zero-order valence-corrected chi connectivity index (χ0v) is 14.1. The molecule has 0 aromatic carbocycles. The van der Waals surface area contributed by atoms with Crippen LogP contribution in [-0.2, 0) is 9.53 Å². The number of nitrogens with zero attached hydrogens (tertiary/aromatic N) is 3. The number of carbonyl (C=O) groups is 1. The SMILES string of the molecule is CCOC(=O)C1=C(CN2CC(O)C(F)C2)NC(c2nccs2)=NC1. The molecule has 1 saturated heterocycles. The standard InChI is InChI=1S/C15H19FN4O3S/c1-2-23-15(22)9-5-18-13(14-17-3-4-24-14)19-11(9)7-20-6-10(16)12(21)8-20/h3-4,10,12,21H,2,5-8H2,1H3,(H,18,19). The number of nitrogens with one attached hydrogen (secondary N) is 1. The van der Waals surface area contributed by atoms with Crippen LogP contribution in [0.4, 0.5) is 4.39 Å². The van der Waals surface area contributed by atoms with Gasteiger partial charge in [0.1, 0.15) is 6.17 Å². The second kappa shape index (κ2) is 7.37. The Bertz CT molecular complexity index is 652. The summed E-state index contributed by atoms with van der Waals surface area (Å²) < 4.78 is 18.6. The van der Waals surface area contributed by atoms with Gasteiger partial charge in [-0.05, 0) is 6.92 Å². The van der Waals surface area contributed by atoms with Crippen LogP contribution < -0.4 is 5.32 Å². The number of amidine groups is 1. The molecule has 0 radical (unpaired) electrons. The highest BCUT2D eigenvalue weighted by Crippen LogP contribution is 2.19. The smallest absolute Gasteiger partial charge is 0.337 e. The van der Waals surface area contributed by atoms with Gasteiger partial charge >= 0.3 is 5.97 Å². The lowest BCUT2D eigenvalue weighted by atomic mass is 10.1. The Morgan fingerprint density at radius 2 is 2.42 bits per heavy atom. The minimum Gasteiger partial charge on any atom is -0.463 e. The molecule has 0 spiro atoms. The number of aliphatic imine (C=N–C) groups is 1. The number of β-amino-alcohol motifs (C(OH)–C–C–N with tert-alkyl or cyclic N) is 1. The van der Waals surface area contributed by atoms with E-state index in [1.54, 1.807) is 18.0 Å². The zero-order valence-electron chi connectivity index (χ0n) is 13.2. The number of thiazole rings is 1. The number of esters is 1. The molecule has 3 rings (SSSR count). The summed E-state index contributed by atoms with van der Waals surface area (Å²) >= 11 is 1.44. The van der Waals surface area contributed by atoms with Gasteiger partial charge in [-0.15, -0.1) is 11.3 Å². The Kier molecular flexibility index (Phi) is 5.22. The molecule has 24 heavy (non-hydrogen) atoms. The number of halogens is 1. The Morgan fingerprint density at radius 1 is 1.58 bits per heavy atom.